The highest BCUT2D eigenvalue weighted by Crippen LogP contribution is 2.29. The molecular weight excluding hydrogens is 252 g/mol. The van der Waals surface area contributed by atoms with Crippen LogP contribution >= 0.6 is 0 Å². The first-order valence-corrected chi connectivity index (χ1v) is 6.85. The van der Waals surface area contributed by atoms with Crippen LogP contribution in [0.2, 0.25) is 0 Å². The van der Waals surface area contributed by atoms with Gasteiger partial charge in [-0.3, -0.25) is 4.68 Å². The van der Waals surface area contributed by atoms with Gasteiger partial charge in [-0.1, -0.05) is 12.1 Å². The molecule has 1 heterocycles. The Morgan fingerprint density at radius 1 is 1.25 bits per heavy atom. The van der Waals surface area contributed by atoms with Crippen molar-refractivity contribution in [3.63, 3.8) is 0 Å². The number of aliphatic hydroxyl groups is 1. The molecule has 108 valence electrons. The van der Waals surface area contributed by atoms with E-state index in [0.717, 1.165) is 28.3 Å². The second kappa shape index (κ2) is 5.67. The van der Waals surface area contributed by atoms with Crippen molar-refractivity contribution in [3.05, 3.63) is 46.8 Å². The molecule has 1 aromatic heterocycles. The molecule has 0 aliphatic heterocycles. The fourth-order valence-corrected chi connectivity index (χ4v) is 2.38. The highest BCUT2D eigenvalue weighted by atomic mass is 16.5. The van der Waals surface area contributed by atoms with Crippen molar-refractivity contribution in [1.29, 1.82) is 0 Å². The second-order valence-corrected chi connectivity index (χ2v) is 5.35. The van der Waals surface area contributed by atoms with Crippen molar-refractivity contribution >= 4 is 0 Å². The maximum absolute atomic E-state index is 10.6. The number of hydrogen-bond acceptors (Lipinski definition) is 3. The number of benzene rings is 1. The monoisotopic (exact) mass is 274 g/mol. The van der Waals surface area contributed by atoms with E-state index in [9.17, 15) is 5.11 Å². The standard InChI is InChI=1S/C16H22N2O2/c1-10(2)20-14-8-6-7-13(9-14)16(19)15-11(3)17-18(5)12(15)4/h6-10,16,19H,1-5H3. The summed E-state index contributed by atoms with van der Waals surface area (Å²) in [5.74, 6) is 0.774. The third-order valence-corrected chi connectivity index (χ3v) is 3.38. The fraction of sp³-hybridized carbons (Fsp3) is 0.438. The van der Waals surface area contributed by atoms with E-state index in [-0.39, 0.29) is 6.10 Å². The molecule has 0 spiro atoms. The molecule has 20 heavy (non-hydrogen) atoms. The van der Waals surface area contributed by atoms with Gasteiger partial charge in [0.25, 0.3) is 0 Å². The average Bonchev–Trinajstić information content (AvgIpc) is 2.62. The van der Waals surface area contributed by atoms with E-state index in [4.69, 9.17) is 4.74 Å². The lowest BCUT2D eigenvalue weighted by Gasteiger charge is -2.15. The third-order valence-electron chi connectivity index (χ3n) is 3.38. The van der Waals surface area contributed by atoms with Crippen LogP contribution in [0.25, 0.3) is 0 Å². The Morgan fingerprint density at radius 3 is 2.50 bits per heavy atom. The second-order valence-electron chi connectivity index (χ2n) is 5.35. The minimum absolute atomic E-state index is 0.115. The van der Waals surface area contributed by atoms with Crippen LogP contribution in [0, 0.1) is 13.8 Å². The van der Waals surface area contributed by atoms with Gasteiger partial charge in [-0.2, -0.15) is 5.10 Å². The lowest BCUT2D eigenvalue weighted by atomic mass is 10.00. The maximum atomic E-state index is 10.6. The molecule has 0 saturated carbocycles. The molecule has 1 N–H and O–H groups in total. The summed E-state index contributed by atoms with van der Waals surface area (Å²) in [6.07, 6.45) is -0.566. The molecule has 0 aliphatic rings. The summed E-state index contributed by atoms with van der Waals surface area (Å²) in [5.41, 5.74) is 3.52. The Kier molecular flexibility index (Phi) is 4.14. The van der Waals surface area contributed by atoms with Gasteiger partial charge in [-0.15, -0.1) is 0 Å². The Hall–Kier alpha value is -1.81. The number of aryl methyl sites for hydroxylation is 2. The van der Waals surface area contributed by atoms with Crippen molar-refractivity contribution in [2.45, 2.75) is 39.9 Å². The van der Waals surface area contributed by atoms with Crippen molar-refractivity contribution < 1.29 is 9.84 Å². The lowest BCUT2D eigenvalue weighted by molar-refractivity contribution is 0.215. The summed E-state index contributed by atoms with van der Waals surface area (Å²) in [5, 5.41) is 15.0. The van der Waals surface area contributed by atoms with Crippen molar-refractivity contribution in [2.75, 3.05) is 0 Å². The molecule has 0 amide bonds. The quantitative estimate of drug-likeness (QED) is 0.932. The summed E-state index contributed by atoms with van der Waals surface area (Å²) < 4.78 is 7.47. The van der Waals surface area contributed by atoms with E-state index in [1.54, 1.807) is 4.68 Å². The highest BCUT2D eigenvalue weighted by Gasteiger charge is 2.20. The summed E-state index contributed by atoms with van der Waals surface area (Å²) in [7, 11) is 1.89. The minimum atomic E-state index is -0.681. The van der Waals surface area contributed by atoms with Gasteiger partial charge in [0.1, 0.15) is 11.9 Å². The van der Waals surface area contributed by atoms with Gasteiger partial charge >= 0.3 is 0 Å². The Bertz CT molecular complexity index is 603. The van der Waals surface area contributed by atoms with Crippen LogP contribution in [0.4, 0.5) is 0 Å². The first-order valence-electron chi connectivity index (χ1n) is 6.85. The predicted octanol–water partition coefficient (Wildman–Crippen LogP) is 2.91. The molecule has 0 bridgehead atoms. The Morgan fingerprint density at radius 2 is 1.95 bits per heavy atom. The third kappa shape index (κ3) is 2.85. The molecule has 0 saturated heterocycles. The summed E-state index contributed by atoms with van der Waals surface area (Å²) in [4.78, 5) is 0. The van der Waals surface area contributed by atoms with Crippen LogP contribution < -0.4 is 4.74 Å². The number of aromatic nitrogens is 2. The minimum Gasteiger partial charge on any atom is -0.491 e. The molecule has 4 nitrogen and oxygen atoms in total. The van der Waals surface area contributed by atoms with Crippen LogP contribution in [0.5, 0.6) is 5.75 Å². The highest BCUT2D eigenvalue weighted by molar-refractivity contribution is 5.38. The first-order chi connectivity index (χ1) is 9.40. The van der Waals surface area contributed by atoms with Crippen molar-refractivity contribution in [2.24, 2.45) is 7.05 Å². The Labute approximate surface area is 120 Å². The van der Waals surface area contributed by atoms with E-state index in [2.05, 4.69) is 5.10 Å². The number of ether oxygens (including phenoxy) is 1. The van der Waals surface area contributed by atoms with Crippen molar-refractivity contribution in [1.82, 2.24) is 9.78 Å². The van der Waals surface area contributed by atoms with Gasteiger partial charge in [0.15, 0.2) is 0 Å². The van der Waals surface area contributed by atoms with Crippen LogP contribution in [0.1, 0.15) is 42.5 Å². The number of nitrogens with zero attached hydrogens (tertiary/aromatic N) is 2. The molecular formula is C16H22N2O2. The zero-order valence-electron chi connectivity index (χ0n) is 12.7. The molecule has 0 radical (unpaired) electrons. The molecule has 1 aromatic carbocycles. The smallest absolute Gasteiger partial charge is 0.120 e. The predicted molar refractivity (Wildman–Crippen MR) is 78.9 cm³/mol. The van der Waals surface area contributed by atoms with Crippen molar-refractivity contribution in [3.8, 4) is 5.75 Å². The largest absolute Gasteiger partial charge is 0.491 e. The number of hydrogen-bond donors (Lipinski definition) is 1. The van der Waals surface area contributed by atoms with E-state index >= 15 is 0 Å². The molecule has 0 fully saturated rings. The topological polar surface area (TPSA) is 47.3 Å². The number of rotatable bonds is 4. The lowest BCUT2D eigenvalue weighted by Crippen LogP contribution is -2.07. The summed E-state index contributed by atoms with van der Waals surface area (Å²) in [6, 6.07) is 7.59. The molecule has 1 unspecified atom stereocenters. The zero-order chi connectivity index (χ0) is 14.9. The van der Waals surface area contributed by atoms with Gasteiger partial charge in [-0.25, -0.2) is 0 Å². The van der Waals surface area contributed by atoms with Gasteiger partial charge in [0.2, 0.25) is 0 Å². The molecule has 2 rings (SSSR count). The van der Waals surface area contributed by atoms with E-state index < -0.39 is 6.10 Å². The molecule has 2 aromatic rings. The molecule has 0 aliphatic carbocycles. The summed E-state index contributed by atoms with van der Waals surface area (Å²) >= 11 is 0. The van der Waals surface area contributed by atoms with Crippen LogP contribution in [0.3, 0.4) is 0 Å². The van der Waals surface area contributed by atoms with E-state index in [0.29, 0.717) is 0 Å². The number of aliphatic hydroxyl groups excluding tert-OH is 1. The van der Waals surface area contributed by atoms with E-state index in [1.807, 2.05) is 59.0 Å². The van der Waals surface area contributed by atoms with Gasteiger partial charge < -0.3 is 9.84 Å². The fourth-order valence-electron chi connectivity index (χ4n) is 2.38. The maximum Gasteiger partial charge on any atom is 0.120 e. The van der Waals surface area contributed by atoms with Gasteiger partial charge in [0.05, 0.1) is 11.8 Å². The molecule has 4 heteroatoms. The van der Waals surface area contributed by atoms with Crippen LogP contribution in [-0.2, 0) is 7.05 Å². The van der Waals surface area contributed by atoms with Gasteiger partial charge in [-0.05, 0) is 45.4 Å². The van der Waals surface area contributed by atoms with Gasteiger partial charge in [0, 0.05) is 18.3 Å². The SMILES string of the molecule is Cc1nn(C)c(C)c1C(O)c1cccc(OC(C)C)c1. The zero-order valence-corrected chi connectivity index (χ0v) is 12.7. The van der Waals surface area contributed by atoms with Crippen LogP contribution in [0.15, 0.2) is 24.3 Å². The normalized spacial score (nSPS) is 12.8. The van der Waals surface area contributed by atoms with Crippen LogP contribution in [-0.4, -0.2) is 21.0 Å². The average molecular weight is 274 g/mol. The first kappa shape index (κ1) is 14.6. The van der Waals surface area contributed by atoms with E-state index in [1.165, 1.54) is 0 Å². The molecule has 1 atom stereocenters. The Balaban J connectivity index is 2.35. The summed E-state index contributed by atoms with van der Waals surface area (Å²) in [6.45, 7) is 7.85.